The number of nitrogens with zero attached hydrogens (tertiary/aromatic N) is 3. The summed E-state index contributed by atoms with van der Waals surface area (Å²) in [5.41, 5.74) is 0.994. The van der Waals surface area contributed by atoms with Crippen molar-refractivity contribution in [3.63, 3.8) is 0 Å². The highest BCUT2D eigenvalue weighted by Gasteiger charge is 2.26. The van der Waals surface area contributed by atoms with Crippen molar-refractivity contribution in [1.29, 1.82) is 0 Å². The summed E-state index contributed by atoms with van der Waals surface area (Å²) in [6.45, 7) is 1.60. The molecule has 22 heavy (non-hydrogen) atoms. The van der Waals surface area contributed by atoms with Crippen LogP contribution < -0.4 is 0 Å². The van der Waals surface area contributed by atoms with Gasteiger partial charge in [-0.25, -0.2) is 4.98 Å². The van der Waals surface area contributed by atoms with Crippen LogP contribution in [0.4, 0.5) is 0 Å². The van der Waals surface area contributed by atoms with Crippen molar-refractivity contribution in [3.8, 4) is 11.4 Å². The first-order valence-corrected chi connectivity index (χ1v) is 7.52. The van der Waals surface area contributed by atoms with Gasteiger partial charge in [0.05, 0.1) is 0 Å². The van der Waals surface area contributed by atoms with Crippen molar-refractivity contribution in [3.05, 3.63) is 36.2 Å². The van der Waals surface area contributed by atoms with Crippen LogP contribution in [-0.4, -0.2) is 52.8 Å². The number of hydrogen-bond donors (Lipinski definition) is 1. The fourth-order valence-corrected chi connectivity index (χ4v) is 2.81. The van der Waals surface area contributed by atoms with E-state index in [1.807, 2.05) is 35.2 Å². The van der Waals surface area contributed by atoms with Gasteiger partial charge in [0.2, 0.25) is 5.91 Å². The molecule has 1 fully saturated rings. The predicted octanol–water partition coefficient (Wildman–Crippen LogP) is 1.82. The third-order valence-corrected chi connectivity index (χ3v) is 3.96. The Hall–Kier alpha value is -2.21. The molecule has 0 radical (unpaired) electrons. The quantitative estimate of drug-likeness (QED) is 0.935. The summed E-state index contributed by atoms with van der Waals surface area (Å²) >= 11 is 0. The number of hydrogen-bond acceptors (Lipinski definition) is 4. The monoisotopic (exact) mass is 300 g/mol. The van der Waals surface area contributed by atoms with Gasteiger partial charge in [-0.15, -0.1) is 0 Å². The zero-order valence-electron chi connectivity index (χ0n) is 12.7. The van der Waals surface area contributed by atoms with Crippen LogP contribution in [0.3, 0.4) is 0 Å². The van der Waals surface area contributed by atoms with Gasteiger partial charge in [-0.1, -0.05) is 30.3 Å². The number of nitrogens with one attached hydrogen (secondary N) is 1. The first-order valence-electron chi connectivity index (χ1n) is 7.52. The van der Waals surface area contributed by atoms with Crippen molar-refractivity contribution in [2.75, 3.05) is 26.8 Å². The number of rotatable bonds is 4. The number of aromatic amines is 1. The molecule has 0 saturated carbocycles. The maximum absolute atomic E-state index is 12.0. The van der Waals surface area contributed by atoms with Crippen LogP contribution >= 0.6 is 0 Å². The molecule has 0 spiro atoms. The van der Waals surface area contributed by atoms with Gasteiger partial charge in [0.15, 0.2) is 5.82 Å². The molecule has 116 valence electrons. The number of likely N-dealkylation sites (tertiary alicyclic amines) is 1. The molecule has 2 heterocycles. The number of benzene rings is 1. The number of aromatic nitrogens is 3. The van der Waals surface area contributed by atoms with E-state index in [9.17, 15) is 4.79 Å². The third-order valence-electron chi connectivity index (χ3n) is 3.96. The molecule has 2 aromatic rings. The van der Waals surface area contributed by atoms with E-state index in [-0.39, 0.29) is 18.4 Å². The Balaban J connectivity index is 1.72. The summed E-state index contributed by atoms with van der Waals surface area (Å²) in [7, 11) is 1.54. The molecule has 1 saturated heterocycles. The highest BCUT2D eigenvalue weighted by Crippen LogP contribution is 2.26. The molecule has 1 atom stereocenters. The van der Waals surface area contributed by atoms with Crippen LogP contribution in [0.5, 0.6) is 0 Å². The molecular weight excluding hydrogens is 280 g/mol. The Morgan fingerprint density at radius 3 is 3.00 bits per heavy atom. The summed E-state index contributed by atoms with van der Waals surface area (Å²) < 4.78 is 4.93. The smallest absolute Gasteiger partial charge is 0.248 e. The number of piperidine rings is 1. The largest absolute Gasteiger partial charge is 0.375 e. The van der Waals surface area contributed by atoms with E-state index >= 15 is 0 Å². The number of amides is 1. The minimum Gasteiger partial charge on any atom is -0.375 e. The number of H-pyrrole nitrogens is 1. The maximum atomic E-state index is 12.0. The van der Waals surface area contributed by atoms with Gasteiger partial charge in [0.25, 0.3) is 0 Å². The lowest BCUT2D eigenvalue weighted by molar-refractivity contribution is -0.136. The Morgan fingerprint density at radius 1 is 1.41 bits per heavy atom. The SMILES string of the molecule is COCC(=O)N1CCC[C@H](c2nc(-c3ccccc3)n[nH]2)C1. The number of ether oxygens (including phenoxy) is 1. The van der Waals surface area contributed by atoms with Gasteiger partial charge in [-0.2, -0.15) is 5.10 Å². The van der Waals surface area contributed by atoms with Crippen LogP contribution in [0.25, 0.3) is 11.4 Å². The van der Waals surface area contributed by atoms with Crippen LogP contribution in [-0.2, 0) is 9.53 Å². The average molecular weight is 300 g/mol. The second kappa shape index (κ2) is 6.70. The number of methoxy groups -OCH3 is 1. The molecule has 1 amide bonds. The van der Waals surface area contributed by atoms with Crippen molar-refractivity contribution < 1.29 is 9.53 Å². The molecule has 0 bridgehead atoms. The van der Waals surface area contributed by atoms with Gasteiger partial charge < -0.3 is 9.64 Å². The molecule has 0 aliphatic carbocycles. The maximum Gasteiger partial charge on any atom is 0.248 e. The zero-order chi connectivity index (χ0) is 15.4. The molecule has 3 rings (SSSR count). The Morgan fingerprint density at radius 2 is 2.23 bits per heavy atom. The Kier molecular flexibility index (Phi) is 4.48. The van der Waals surface area contributed by atoms with Crippen molar-refractivity contribution in [1.82, 2.24) is 20.1 Å². The highest BCUT2D eigenvalue weighted by molar-refractivity contribution is 5.77. The fourth-order valence-electron chi connectivity index (χ4n) is 2.81. The van der Waals surface area contributed by atoms with Crippen LogP contribution in [0.1, 0.15) is 24.6 Å². The van der Waals surface area contributed by atoms with Crippen molar-refractivity contribution in [2.24, 2.45) is 0 Å². The summed E-state index contributed by atoms with van der Waals surface area (Å²) in [6, 6.07) is 9.89. The molecule has 6 heteroatoms. The van der Waals surface area contributed by atoms with E-state index in [0.29, 0.717) is 12.4 Å². The van der Waals surface area contributed by atoms with Crippen LogP contribution in [0.15, 0.2) is 30.3 Å². The highest BCUT2D eigenvalue weighted by atomic mass is 16.5. The van der Waals surface area contributed by atoms with E-state index in [1.54, 1.807) is 7.11 Å². The zero-order valence-corrected chi connectivity index (χ0v) is 12.7. The van der Waals surface area contributed by atoms with Gasteiger partial charge in [0.1, 0.15) is 12.4 Å². The van der Waals surface area contributed by atoms with Crippen LogP contribution in [0.2, 0.25) is 0 Å². The topological polar surface area (TPSA) is 71.1 Å². The average Bonchev–Trinajstić information content (AvgIpc) is 3.06. The predicted molar refractivity (Wildman–Crippen MR) is 82.2 cm³/mol. The van der Waals surface area contributed by atoms with E-state index in [4.69, 9.17) is 4.74 Å². The van der Waals surface area contributed by atoms with Crippen molar-refractivity contribution in [2.45, 2.75) is 18.8 Å². The first-order chi connectivity index (χ1) is 10.8. The molecule has 6 nitrogen and oxygen atoms in total. The van der Waals surface area contributed by atoms with Gasteiger partial charge in [0, 0.05) is 31.7 Å². The fraction of sp³-hybridized carbons (Fsp3) is 0.438. The minimum atomic E-state index is 0.0370. The molecule has 1 aliphatic heterocycles. The molecular formula is C16H20N4O2. The second-order valence-corrected chi connectivity index (χ2v) is 5.52. The normalized spacial score (nSPS) is 18.4. The molecule has 1 N–H and O–H groups in total. The molecule has 1 aromatic heterocycles. The Bertz CT molecular complexity index is 626. The van der Waals surface area contributed by atoms with Crippen LogP contribution in [0, 0.1) is 0 Å². The summed E-state index contributed by atoms with van der Waals surface area (Å²) in [5.74, 6) is 1.80. The van der Waals surface area contributed by atoms with E-state index in [1.165, 1.54) is 0 Å². The Labute approximate surface area is 129 Å². The van der Waals surface area contributed by atoms with E-state index < -0.39 is 0 Å². The van der Waals surface area contributed by atoms with Gasteiger partial charge in [-0.3, -0.25) is 9.89 Å². The minimum absolute atomic E-state index is 0.0370. The van der Waals surface area contributed by atoms with Gasteiger partial charge >= 0.3 is 0 Å². The lowest BCUT2D eigenvalue weighted by Gasteiger charge is -2.31. The number of carbonyl (C=O) groups excluding carboxylic acids is 1. The standard InChI is InChI=1S/C16H20N4O2/c1-22-11-14(21)20-9-5-8-13(10-20)16-17-15(18-19-16)12-6-3-2-4-7-12/h2-4,6-7,13H,5,8-11H2,1H3,(H,17,18,19)/t13-/m0/s1. The van der Waals surface area contributed by atoms with Gasteiger partial charge in [-0.05, 0) is 12.8 Å². The lowest BCUT2D eigenvalue weighted by Crippen LogP contribution is -2.41. The molecule has 1 aromatic carbocycles. The lowest BCUT2D eigenvalue weighted by atomic mass is 9.97. The van der Waals surface area contributed by atoms with Crippen molar-refractivity contribution >= 4 is 5.91 Å². The second-order valence-electron chi connectivity index (χ2n) is 5.52. The number of carbonyl (C=O) groups is 1. The third kappa shape index (κ3) is 3.17. The molecule has 1 aliphatic rings. The molecule has 0 unspecified atom stereocenters. The summed E-state index contributed by atoms with van der Waals surface area (Å²) in [6.07, 6.45) is 1.99. The summed E-state index contributed by atoms with van der Waals surface area (Å²) in [4.78, 5) is 18.4. The summed E-state index contributed by atoms with van der Waals surface area (Å²) in [5, 5.41) is 7.34. The van der Waals surface area contributed by atoms with E-state index in [2.05, 4.69) is 15.2 Å². The van der Waals surface area contributed by atoms with E-state index in [0.717, 1.165) is 30.8 Å². The first kappa shape index (κ1) is 14.7.